The fourth-order valence-corrected chi connectivity index (χ4v) is 1.48. The first-order valence-corrected chi connectivity index (χ1v) is 7.79. The van der Waals surface area contributed by atoms with Gasteiger partial charge in [0.25, 0.3) is 0 Å². The zero-order valence-corrected chi connectivity index (χ0v) is 15.8. The van der Waals surface area contributed by atoms with Crippen LogP contribution in [-0.4, -0.2) is 61.0 Å². The molecule has 0 radical (unpaired) electrons. The van der Waals surface area contributed by atoms with Gasteiger partial charge in [-0.05, 0) is 5.92 Å². The lowest BCUT2D eigenvalue weighted by Crippen LogP contribution is -2.68. The molecule has 0 amide bonds. The summed E-state index contributed by atoms with van der Waals surface area (Å²) in [6.45, 7) is 0.786. The van der Waals surface area contributed by atoms with Crippen molar-refractivity contribution < 1.29 is 93.6 Å². The van der Waals surface area contributed by atoms with Crippen LogP contribution in [0.4, 0.5) is 74.6 Å². The van der Waals surface area contributed by atoms with Gasteiger partial charge >= 0.3 is 54.3 Å². The SMILES string of the molecule is CC(C)COC(=O)[C@](F)(OC(F)(F)[C@](F)(OC(F)(F)C(F)(F)C(F)(F)F)C(F)(F)F)C(F)(F)F. The number of rotatable bonds is 9. The van der Waals surface area contributed by atoms with Gasteiger partial charge in [-0.2, -0.15) is 74.6 Å². The molecular weight excluding hydrogens is 543 g/mol. The van der Waals surface area contributed by atoms with Gasteiger partial charge in [0.2, 0.25) is 0 Å². The molecule has 34 heavy (non-hydrogen) atoms. The van der Waals surface area contributed by atoms with Gasteiger partial charge in [-0.1, -0.05) is 13.8 Å². The van der Waals surface area contributed by atoms with E-state index in [0.717, 1.165) is 13.8 Å². The minimum Gasteiger partial charge on any atom is -0.461 e. The summed E-state index contributed by atoms with van der Waals surface area (Å²) in [5.74, 6) is -27.4. The van der Waals surface area contributed by atoms with Gasteiger partial charge in [0.15, 0.2) is 0 Å². The van der Waals surface area contributed by atoms with Gasteiger partial charge in [0.05, 0.1) is 6.61 Å². The molecule has 0 heterocycles. The van der Waals surface area contributed by atoms with E-state index in [1.165, 1.54) is 4.74 Å². The molecule has 0 rings (SSSR count). The van der Waals surface area contributed by atoms with Crippen LogP contribution < -0.4 is 0 Å². The number of carbonyl (C=O) groups is 1. The highest BCUT2D eigenvalue weighted by Crippen LogP contribution is 2.56. The third-order valence-corrected chi connectivity index (χ3v) is 3.17. The molecule has 0 saturated carbocycles. The monoisotopic (exact) mass is 552 g/mol. The fraction of sp³-hybridized carbons (Fsp3) is 0.923. The van der Waals surface area contributed by atoms with Crippen LogP contribution in [0.3, 0.4) is 0 Å². The number of hydrogen-bond acceptors (Lipinski definition) is 4. The molecule has 0 fully saturated rings. The molecule has 0 aromatic heterocycles. The highest BCUT2D eigenvalue weighted by atomic mass is 19.4. The van der Waals surface area contributed by atoms with Crippen LogP contribution in [0.2, 0.25) is 0 Å². The van der Waals surface area contributed by atoms with Crippen LogP contribution in [0, 0.1) is 5.92 Å². The first kappa shape index (κ1) is 32.2. The summed E-state index contributed by atoms with van der Waals surface area (Å²) in [6.07, 6.45) is -38.5. The largest absolute Gasteiger partial charge is 0.462 e. The summed E-state index contributed by atoms with van der Waals surface area (Å²) in [5.41, 5.74) is 0. The Morgan fingerprint density at radius 1 is 0.618 bits per heavy atom. The lowest BCUT2D eigenvalue weighted by atomic mass is 10.2. The number of halogens is 17. The van der Waals surface area contributed by atoms with Crippen LogP contribution in [0.5, 0.6) is 0 Å². The Morgan fingerprint density at radius 3 is 1.32 bits per heavy atom. The van der Waals surface area contributed by atoms with E-state index in [-0.39, 0.29) is 0 Å². The van der Waals surface area contributed by atoms with Gasteiger partial charge in [0, 0.05) is 0 Å². The lowest BCUT2D eigenvalue weighted by Gasteiger charge is -2.39. The summed E-state index contributed by atoms with van der Waals surface area (Å²) in [5, 5.41) is 0. The van der Waals surface area contributed by atoms with Crippen molar-refractivity contribution in [2.75, 3.05) is 6.61 Å². The average molecular weight is 552 g/mol. The minimum absolute atomic E-state index is 1.01. The van der Waals surface area contributed by atoms with E-state index in [0.29, 0.717) is 0 Å². The Bertz CT molecular complexity index is 724. The maximum atomic E-state index is 14.0. The molecule has 0 unspecified atom stereocenters. The molecule has 0 bridgehead atoms. The quantitative estimate of drug-likeness (QED) is 0.258. The first-order chi connectivity index (χ1) is 14.5. The summed E-state index contributed by atoms with van der Waals surface area (Å²) in [4.78, 5) is 11.2. The van der Waals surface area contributed by atoms with Gasteiger partial charge in [0.1, 0.15) is 0 Å². The van der Waals surface area contributed by atoms with E-state index < -0.39 is 66.9 Å². The van der Waals surface area contributed by atoms with Crippen LogP contribution in [0.1, 0.15) is 13.8 Å². The Kier molecular flexibility index (Phi) is 8.53. The molecule has 0 aromatic carbocycles. The second-order valence-electron chi connectivity index (χ2n) is 6.49. The summed E-state index contributed by atoms with van der Waals surface area (Å²) in [6, 6.07) is 0. The van der Waals surface area contributed by atoms with Crippen molar-refractivity contribution >= 4 is 5.97 Å². The normalized spacial score (nSPS) is 18.5. The topological polar surface area (TPSA) is 44.8 Å². The third kappa shape index (κ3) is 5.88. The zero-order valence-electron chi connectivity index (χ0n) is 15.8. The van der Waals surface area contributed by atoms with Gasteiger partial charge < -0.3 is 4.74 Å². The molecule has 21 heteroatoms. The zero-order chi connectivity index (χ0) is 28.0. The minimum atomic E-state index is -8.04. The molecule has 0 saturated heterocycles. The van der Waals surface area contributed by atoms with Crippen LogP contribution >= 0.6 is 0 Å². The summed E-state index contributed by atoms with van der Waals surface area (Å²) >= 11 is 0. The molecule has 0 spiro atoms. The second kappa shape index (κ2) is 9.01. The number of esters is 1. The van der Waals surface area contributed by atoms with E-state index in [9.17, 15) is 79.4 Å². The molecule has 0 aromatic rings. The summed E-state index contributed by atoms with van der Waals surface area (Å²) in [7, 11) is 0. The standard InChI is InChI=1S/C13H9F17O4/c1-4(2)3-32-5(31)6(14,9(18,19)20)33-13(29,30)8(17,11(24,25)26)34-12(27,28)7(15,16)10(21,22)23/h4H,3H2,1-2H3/t6-,8+/m0/s1. The molecule has 2 atom stereocenters. The van der Waals surface area contributed by atoms with E-state index in [1.807, 2.05) is 4.74 Å². The van der Waals surface area contributed by atoms with E-state index in [2.05, 4.69) is 4.74 Å². The third-order valence-electron chi connectivity index (χ3n) is 3.17. The number of alkyl halides is 17. The maximum Gasteiger partial charge on any atom is 0.462 e. The predicted octanol–water partition coefficient (Wildman–Crippen LogP) is 6.06. The van der Waals surface area contributed by atoms with Crippen molar-refractivity contribution in [2.24, 2.45) is 5.92 Å². The highest BCUT2D eigenvalue weighted by molar-refractivity contribution is 5.78. The number of ether oxygens (including phenoxy) is 3. The molecule has 204 valence electrons. The smallest absolute Gasteiger partial charge is 0.461 e. The molecule has 0 N–H and O–H groups in total. The van der Waals surface area contributed by atoms with E-state index in [4.69, 9.17) is 0 Å². The first-order valence-electron chi connectivity index (χ1n) is 7.79. The number of hydrogen-bond donors (Lipinski definition) is 0. The number of carbonyl (C=O) groups excluding carboxylic acids is 1. The van der Waals surface area contributed by atoms with Crippen molar-refractivity contribution in [3.8, 4) is 0 Å². The van der Waals surface area contributed by atoms with Crippen molar-refractivity contribution in [3.05, 3.63) is 0 Å². The summed E-state index contributed by atoms with van der Waals surface area (Å²) < 4.78 is 226. The van der Waals surface area contributed by atoms with Crippen LogP contribution in [0.25, 0.3) is 0 Å². The van der Waals surface area contributed by atoms with Gasteiger partial charge in [-0.3, -0.25) is 9.47 Å². The predicted molar refractivity (Wildman–Crippen MR) is 68.7 cm³/mol. The average Bonchev–Trinajstić information content (AvgIpc) is 2.55. The highest BCUT2D eigenvalue weighted by Gasteiger charge is 2.85. The molecule has 0 aliphatic rings. The van der Waals surface area contributed by atoms with E-state index >= 15 is 0 Å². The maximum absolute atomic E-state index is 14.0. The van der Waals surface area contributed by atoms with E-state index in [1.54, 1.807) is 0 Å². The Labute approximate surface area is 175 Å². The molecule has 0 aliphatic carbocycles. The van der Waals surface area contributed by atoms with Crippen molar-refractivity contribution in [1.82, 2.24) is 0 Å². The van der Waals surface area contributed by atoms with Crippen LogP contribution in [0.15, 0.2) is 0 Å². The second-order valence-corrected chi connectivity index (χ2v) is 6.49. The fourth-order valence-electron chi connectivity index (χ4n) is 1.48. The van der Waals surface area contributed by atoms with Crippen LogP contribution in [-0.2, 0) is 19.0 Å². The Morgan fingerprint density at radius 2 is 1.03 bits per heavy atom. The molecule has 0 aliphatic heterocycles. The lowest BCUT2D eigenvalue weighted by molar-refractivity contribution is -0.548. The van der Waals surface area contributed by atoms with Gasteiger partial charge in [-0.25, -0.2) is 4.79 Å². The van der Waals surface area contributed by atoms with Crippen molar-refractivity contribution in [1.29, 1.82) is 0 Å². The van der Waals surface area contributed by atoms with Gasteiger partial charge in [-0.15, -0.1) is 0 Å². The van der Waals surface area contributed by atoms with Crippen molar-refractivity contribution in [2.45, 2.75) is 62.2 Å². The molecule has 4 nitrogen and oxygen atoms in total. The Balaban J connectivity index is 6.67. The Hall–Kier alpha value is -1.80. The molecular formula is C13H9F17O4. The van der Waals surface area contributed by atoms with Crippen molar-refractivity contribution in [3.63, 3.8) is 0 Å².